The van der Waals surface area contributed by atoms with Gasteiger partial charge in [-0.05, 0) is 35.7 Å². The van der Waals surface area contributed by atoms with Crippen molar-refractivity contribution in [1.29, 1.82) is 0 Å². The van der Waals surface area contributed by atoms with E-state index in [1.807, 2.05) is 17.5 Å². The van der Waals surface area contributed by atoms with E-state index in [4.69, 9.17) is 0 Å². The number of aromatic nitrogens is 2. The number of nitrogens with zero attached hydrogens (tertiary/aromatic N) is 3. The van der Waals surface area contributed by atoms with Crippen LogP contribution in [0.1, 0.15) is 4.88 Å². The smallest absolute Gasteiger partial charge is 0.266 e. The molecule has 158 valence electrons. The zero-order chi connectivity index (χ0) is 22.0. The van der Waals surface area contributed by atoms with E-state index in [1.165, 1.54) is 6.07 Å². The number of thioether (sulfide) groups is 1. The van der Waals surface area contributed by atoms with E-state index in [0.717, 1.165) is 27.3 Å². The zero-order valence-corrected chi connectivity index (χ0v) is 18.1. The number of benzene rings is 2. The van der Waals surface area contributed by atoms with Crippen LogP contribution in [0.2, 0.25) is 0 Å². The minimum absolute atomic E-state index is 0.00939. The first-order valence-electron chi connectivity index (χ1n) is 9.30. The molecule has 0 atom stereocenters. The predicted octanol–water partition coefficient (Wildman–Crippen LogP) is 4.48. The molecule has 0 aliphatic rings. The number of rotatable bonds is 6. The first-order valence-corrected chi connectivity index (χ1v) is 11.2. The number of fused-ring (bicyclic) bond motifs is 1. The van der Waals surface area contributed by atoms with Crippen molar-refractivity contribution in [2.75, 3.05) is 12.8 Å². The largest absolute Gasteiger partial charge is 0.340 e. The van der Waals surface area contributed by atoms with Crippen LogP contribution in [0.15, 0.2) is 69.9 Å². The van der Waals surface area contributed by atoms with E-state index in [0.29, 0.717) is 23.5 Å². The minimum Gasteiger partial charge on any atom is -0.340 e. The number of carbonyl (C=O) groups excluding carboxylic acids is 1. The first-order chi connectivity index (χ1) is 14.9. The summed E-state index contributed by atoms with van der Waals surface area (Å²) in [6.45, 7) is 0.474. The summed E-state index contributed by atoms with van der Waals surface area (Å²) in [5.74, 6) is -1.79. The molecule has 0 fully saturated rings. The van der Waals surface area contributed by atoms with Crippen LogP contribution in [0.25, 0.3) is 16.6 Å². The lowest BCUT2D eigenvalue weighted by Crippen LogP contribution is -2.28. The van der Waals surface area contributed by atoms with Crippen LogP contribution in [0, 0.1) is 11.6 Å². The van der Waals surface area contributed by atoms with Crippen molar-refractivity contribution in [3.63, 3.8) is 0 Å². The maximum Gasteiger partial charge on any atom is 0.266 e. The molecule has 5 nitrogen and oxygen atoms in total. The van der Waals surface area contributed by atoms with Gasteiger partial charge in [0.15, 0.2) is 5.16 Å². The average molecular weight is 458 g/mol. The Labute approximate surface area is 185 Å². The molecule has 2 aromatic carbocycles. The summed E-state index contributed by atoms with van der Waals surface area (Å²) in [6.07, 6.45) is 0. The molecule has 4 aromatic rings. The molecule has 31 heavy (non-hydrogen) atoms. The van der Waals surface area contributed by atoms with Gasteiger partial charge in [-0.2, -0.15) is 0 Å². The standard InChI is InChI=1S/C22H17F2N3O2S2/c1-26(12-15-5-4-10-30-15)20(28)13-31-22-25-18-7-3-2-6-16(18)21(29)27(22)19-9-8-14(23)11-17(19)24/h2-11H,12-13H2,1H3. The van der Waals surface area contributed by atoms with Gasteiger partial charge < -0.3 is 4.90 Å². The Morgan fingerprint density at radius 2 is 1.97 bits per heavy atom. The fourth-order valence-corrected chi connectivity index (χ4v) is 4.75. The lowest BCUT2D eigenvalue weighted by molar-refractivity contribution is -0.127. The Morgan fingerprint density at radius 1 is 1.16 bits per heavy atom. The summed E-state index contributed by atoms with van der Waals surface area (Å²) in [5, 5.41) is 2.40. The summed E-state index contributed by atoms with van der Waals surface area (Å²) >= 11 is 2.59. The van der Waals surface area contributed by atoms with Gasteiger partial charge >= 0.3 is 0 Å². The second-order valence-corrected chi connectivity index (χ2v) is 8.74. The summed E-state index contributed by atoms with van der Waals surface area (Å²) in [6, 6.07) is 13.5. The lowest BCUT2D eigenvalue weighted by atomic mass is 10.2. The molecule has 0 N–H and O–H groups in total. The second-order valence-electron chi connectivity index (χ2n) is 6.77. The fourth-order valence-electron chi connectivity index (χ4n) is 3.05. The Hall–Kier alpha value is -3.04. The van der Waals surface area contributed by atoms with Crippen LogP contribution in [0.4, 0.5) is 8.78 Å². The Kier molecular flexibility index (Phi) is 6.15. The monoisotopic (exact) mass is 457 g/mol. The topological polar surface area (TPSA) is 55.2 Å². The van der Waals surface area contributed by atoms with E-state index in [1.54, 1.807) is 47.5 Å². The van der Waals surface area contributed by atoms with Gasteiger partial charge in [0, 0.05) is 18.0 Å². The fraction of sp³-hybridized carbons (Fsp3) is 0.136. The van der Waals surface area contributed by atoms with Crippen molar-refractivity contribution in [3.05, 3.63) is 86.8 Å². The van der Waals surface area contributed by atoms with Crippen molar-refractivity contribution in [2.45, 2.75) is 11.7 Å². The number of halogens is 2. The van der Waals surface area contributed by atoms with Gasteiger partial charge in [-0.1, -0.05) is 30.0 Å². The molecule has 9 heteroatoms. The summed E-state index contributed by atoms with van der Waals surface area (Å²) < 4.78 is 29.0. The number of amides is 1. The highest BCUT2D eigenvalue weighted by molar-refractivity contribution is 7.99. The van der Waals surface area contributed by atoms with E-state index in [9.17, 15) is 18.4 Å². The molecule has 2 heterocycles. The lowest BCUT2D eigenvalue weighted by Gasteiger charge is -2.17. The molecule has 0 aliphatic heterocycles. The van der Waals surface area contributed by atoms with Gasteiger partial charge in [-0.25, -0.2) is 13.8 Å². The van der Waals surface area contributed by atoms with Crippen molar-refractivity contribution in [3.8, 4) is 5.69 Å². The van der Waals surface area contributed by atoms with Gasteiger partial charge in [0.2, 0.25) is 5.91 Å². The summed E-state index contributed by atoms with van der Waals surface area (Å²) in [7, 11) is 1.70. The SMILES string of the molecule is CN(Cc1cccs1)C(=O)CSc1nc2ccccc2c(=O)n1-c1ccc(F)cc1F. The second kappa shape index (κ2) is 8.99. The Bertz CT molecular complexity index is 1310. The Balaban J connectivity index is 1.69. The van der Waals surface area contributed by atoms with Crippen LogP contribution in [-0.2, 0) is 11.3 Å². The quantitative estimate of drug-likeness (QED) is 0.317. The van der Waals surface area contributed by atoms with Crippen LogP contribution in [-0.4, -0.2) is 33.2 Å². The van der Waals surface area contributed by atoms with Gasteiger partial charge in [0.1, 0.15) is 11.6 Å². The predicted molar refractivity (Wildman–Crippen MR) is 119 cm³/mol. The van der Waals surface area contributed by atoms with Crippen molar-refractivity contribution in [1.82, 2.24) is 14.5 Å². The molecule has 0 saturated heterocycles. The molecular weight excluding hydrogens is 440 g/mol. The third-order valence-corrected chi connectivity index (χ3v) is 6.40. The van der Waals surface area contributed by atoms with E-state index >= 15 is 0 Å². The van der Waals surface area contributed by atoms with Crippen molar-refractivity contribution >= 4 is 39.9 Å². The van der Waals surface area contributed by atoms with Crippen LogP contribution >= 0.6 is 23.1 Å². The molecule has 0 radical (unpaired) electrons. The number of hydrogen-bond acceptors (Lipinski definition) is 5. The minimum atomic E-state index is -0.887. The molecule has 0 aliphatic carbocycles. The maximum atomic E-state index is 14.5. The normalized spacial score (nSPS) is 11.1. The highest BCUT2D eigenvalue weighted by atomic mass is 32.2. The van der Waals surface area contributed by atoms with E-state index in [-0.39, 0.29) is 22.5 Å². The molecule has 2 aromatic heterocycles. The molecule has 0 bridgehead atoms. The van der Waals surface area contributed by atoms with Crippen molar-refractivity contribution in [2.24, 2.45) is 0 Å². The number of carbonyl (C=O) groups is 1. The van der Waals surface area contributed by atoms with Crippen molar-refractivity contribution < 1.29 is 13.6 Å². The molecule has 1 amide bonds. The molecular formula is C22H17F2N3O2S2. The third-order valence-electron chi connectivity index (χ3n) is 4.62. The molecule has 0 unspecified atom stereocenters. The molecule has 0 saturated carbocycles. The van der Waals surface area contributed by atoms with E-state index < -0.39 is 17.2 Å². The van der Waals surface area contributed by atoms with Gasteiger partial charge in [0.05, 0.1) is 28.9 Å². The van der Waals surface area contributed by atoms with Gasteiger partial charge in [-0.3, -0.25) is 14.2 Å². The van der Waals surface area contributed by atoms with Gasteiger partial charge in [-0.15, -0.1) is 11.3 Å². The number of hydrogen-bond donors (Lipinski definition) is 0. The van der Waals surface area contributed by atoms with Gasteiger partial charge in [0.25, 0.3) is 5.56 Å². The first kappa shape index (κ1) is 21.2. The van der Waals surface area contributed by atoms with Crippen LogP contribution in [0.5, 0.6) is 0 Å². The maximum absolute atomic E-state index is 14.5. The van der Waals surface area contributed by atoms with Crippen LogP contribution < -0.4 is 5.56 Å². The molecule has 0 spiro atoms. The summed E-state index contributed by atoms with van der Waals surface area (Å²) in [4.78, 5) is 32.9. The average Bonchev–Trinajstić information content (AvgIpc) is 3.26. The molecule has 4 rings (SSSR count). The van der Waals surface area contributed by atoms with E-state index in [2.05, 4.69) is 4.98 Å². The van der Waals surface area contributed by atoms with Crippen LogP contribution in [0.3, 0.4) is 0 Å². The number of thiophene rings is 1. The number of para-hydroxylation sites is 1. The Morgan fingerprint density at radius 3 is 2.71 bits per heavy atom. The third kappa shape index (κ3) is 4.52. The zero-order valence-electron chi connectivity index (χ0n) is 16.4. The summed E-state index contributed by atoms with van der Waals surface area (Å²) in [5.41, 5.74) is -0.169. The highest BCUT2D eigenvalue weighted by Crippen LogP contribution is 2.24. The highest BCUT2D eigenvalue weighted by Gasteiger charge is 2.19.